The van der Waals surface area contributed by atoms with Crippen molar-refractivity contribution in [3.63, 3.8) is 0 Å². The minimum absolute atomic E-state index is 0.184. The molecule has 0 saturated heterocycles. The molecule has 4 N–H and O–H groups in total. The van der Waals surface area contributed by atoms with Gasteiger partial charge in [0.2, 0.25) is 0 Å². The van der Waals surface area contributed by atoms with Crippen LogP contribution in [0.1, 0.15) is 56.6 Å². The van der Waals surface area contributed by atoms with Gasteiger partial charge in [-0.05, 0) is 30.4 Å². The summed E-state index contributed by atoms with van der Waals surface area (Å²) in [6.45, 7) is 6.44. The quantitative estimate of drug-likeness (QED) is 0.771. The van der Waals surface area contributed by atoms with Gasteiger partial charge >= 0.3 is 0 Å². The molecule has 24 heavy (non-hydrogen) atoms. The van der Waals surface area contributed by atoms with E-state index in [0.29, 0.717) is 12.3 Å². The van der Waals surface area contributed by atoms with Crippen molar-refractivity contribution in [3.05, 3.63) is 52.7 Å². The zero-order chi connectivity index (χ0) is 17.0. The predicted octanol–water partition coefficient (Wildman–Crippen LogP) is 3.93. The Kier molecular flexibility index (Phi) is 3.46. The summed E-state index contributed by atoms with van der Waals surface area (Å²) >= 11 is 0. The zero-order valence-electron chi connectivity index (χ0n) is 14.4. The fraction of sp³-hybridized carbons (Fsp3) is 0.400. The highest BCUT2D eigenvalue weighted by Crippen LogP contribution is 2.47. The van der Waals surface area contributed by atoms with Crippen LogP contribution in [0.3, 0.4) is 0 Å². The Labute approximate surface area is 142 Å². The number of aliphatic hydroxyl groups is 1. The van der Waals surface area contributed by atoms with E-state index in [1.54, 1.807) is 0 Å². The lowest BCUT2D eigenvalue weighted by atomic mass is 9.87. The molecule has 4 heteroatoms. The van der Waals surface area contributed by atoms with E-state index >= 15 is 0 Å². The number of furan rings is 1. The number of nitrogens with two attached hydrogens (primary N) is 1. The first-order valence-corrected chi connectivity index (χ1v) is 8.64. The Hall–Kier alpha value is -2.20. The van der Waals surface area contributed by atoms with Crippen LogP contribution in [0.2, 0.25) is 0 Å². The maximum atomic E-state index is 9.69. The Morgan fingerprint density at radius 2 is 1.88 bits per heavy atom. The number of fused-ring (bicyclic) bond motifs is 1. The maximum Gasteiger partial charge on any atom is 0.154 e. The third-order valence-electron chi connectivity index (χ3n) is 5.43. The number of anilines is 1. The Balaban J connectivity index is 1.67. The molecule has 0 fully saturated rings. The molecule has 1 aromatic rings. The van der Waals surface area contributed by atoms with Gasteiger partial charge in [-0.2, -0.15) is 0 Å². The van der Waals surface area contributed by atoms with E-state index in [9.17, 15) is 5.11 Å². The zero-order valence-corrected chi connectivity index (χ0v) is 14.4. The summed E-state index contributed by atoms with van der Waals surface area (Å²) in [5.74, 6) is 2.32. The molecule has 4 rings (SSSR count). The van der Waals surface area contributed by atoms with Crippen LogP contribution in [-0.2, 0) is 0 Å². The molecule has 0 saturated carbocycles. The molecule has 126 valence electrons. The van der Waals surface area contributed by atoms with E-state index in [-0.39, 0.29) is 5.92 Å². The summed E-state index contributed by atoms with van der Waals surface area (Å²) in [4.78, 5) is 0. The second-order valence-electron chi connectivity index (χ2n) is 7.09. The van der Waals surface area contributed by atoms with Gasteiger partial charge < -0.3 is 20.6 Å². The molecule has 0 spiro atoms. The molecule has 1 aliphatic heterocycles. The van der Waals surface area contributed by atoms with E-state index in [1.807, 2.05) is 0 Å². The Morgan fingerprint density at radius 3 is 2.54 bits per heavy atom. The second kappa shape index (κ2) is 5.42. The molecule has 3 unspecified atom stereocenters. The van der Waals surface area contributed by atoms with Crippen molar-refractivity contribution in [2.75, 3.05) is 5.73 Å². The van der Waals surface area contributed by atoms with Crippen molar-refractivity contribution >= 4 is 16.8 Å². The first-order valence-electron chi connectivity index (χ1n) is 8.64. The molecule has 1 aromatic heterocycles. The average Bonchev–Trinajstić information content (AvgIpc) is 3.22. The minimum atomic E-state index is -0.480. The third-order valence-corrected chi connectivity index (χ3v) is 5.43. The average molecular weight is 324 g/mol. The summed E-state index contributed by atoms with van der Waals surface area (Å²) in [5, 5.41) is 12.8. The fourth-order valence-corrected chi connectivity index (χ4v) is 3.98. The number of aliphatic hydroxyl groups excluding tert-OH is 1. The largest absolute Gasteiger partial charge is 0.454 e. The van der Waals surface area contributed by atoms with Crippen LogP contribution >= 0.6 is 0 Å². The predicted molar refractivity (Wildman–Crippen MR) is 96.9 cm³/mol. The van der Waals surface area contributed by atoms with Crippen molar-refractivity contribution in [3.8, 4) is 0 Å². The SMILES string of the molecule is CC1=CCC(C)c2c1oc(C1=CC=C(C3=CCC(O)N3)C1C)c2N. The van der Waals surface area contributed by atoms with Crippen molar-refractivity contribution in [1.29, 1.82) is 0 Å². The van der Waals surface area contributed by atoms with E-state index in [2.05, 4.69) is 50.4 Å². The molecule has 0 aromatic carbocycles. The molecule has 2 heterocycles. The normalized spacial score (nSPS) is 28.8. The highest BCUT2D eigenvalue weighted by atomic mass is 16.3. The number of nitrogens with one attached hydrogen (secondary N) is 1. The fourth-order valence-electron chi connectivity index (χ4n) is 3.98. The summed E-state index contributed by atoms with van der Waals surface area (Å²) in [6, 6.07) is 0. The van der Waals surface area contributed by atoms with Gasteiger partial charge in [-0.3, -0.25) is 0 Å². The van der Waals surface area contributed by atoms with Crippen molar-refractivity contribution in [1.82, 2.24) is 5.32 Å². The summed E-state index contributed by atoms with van der Waals surface area (Å²) < 4.78 is 6.22. The topological polar surface area (TPSA) is 71.4 Å². The molecule has 0 radical (unpaired) electrons. The number of rotatable bonds is 2. The molecule has 2 aliphatic carbocycles. The summed E-state index contributed by atoms with van der Waals surface area (Å²) in [7, 11) is 0. The second-order valence-corrected chi connectivity index (χ2v) is 7.09. The summed E-state index contributed by atoms with van der Waals surface area (Å²) in [5.41, 5.74) is 12.9. The standard InChI is InChI=1S/C20H24N2O2/c1-10-4-5-11(2)19-17(10)18(21)20(24-19)14-7-6-13(12(14)3)15-8-9-16(23)22-15/h5-8,10,12,16,22-23H,4,9,21H2,1-3H3. The van der Waals surface area contributed by atoms with Crippen LogP contribution in [0, 0.1) is 5.92 Å². The van der Waals surface area contributed by atoms with Crippen LogP contribution in [0.25, 0.3) is 11.1 Å². The van der Waals surface area contributed by atoms with Crippen LogP contribution in [0.5, 0.6) is 0 Å². The highest BCUT2D eigenvalue weighted by Gasteiger charge is 2.32. The van der Waals surface area contributed by atoms with E-state index < -0.39 is 6.23 Å². The van der Waals surface area contributed by atoms with Gasteiger partial charge in [-0.15, -0.1) is 0 Å². The first-order chi connectivity index (χ1) is 11.5. The number of hydrogen-bond donors (Lipinski definition) is 3. The number of hydrogen-bond acceptors (Lipinski definition) is 4. The van der Waals surface area contributed by atoms with E-state index in [4.69, 9.17) is 10.2 Å². The lowest BCUT2D eigenvalue weighted by molar-refractivity contribution is 0.164. The van der Waals surface area contributed by atoms with Gasteiger partial charge in [0.05, 0.1) is 5.69 Å². The third kappa shape index (κ3) is 2.17. The molecule has 4 nitrogen and oxygen atoms in total. The Bertz CT molecular complexity index is 823. The van der Waals surface area contributed by atoms with Gasteiger partial charge in [-0.25, -0.2) is 0 Å². The summed E-state index contributed by atoms with van der Waals surface area (Å²) in [6.07, 6.45) is 9.65. The molecule has 3 aliphatic rings. The van der Waals surface area contributed by atoms with Crippen LogP contribution in [0.15, 0.2) is 40.0 Å². The van der Waals surface area contributed by atoms with Crippen molar-refractivity contribution in [2.45, 2.75) is 45.8 Å². The van der Waals surface area contributed by atoms with Crippen molar-refractivity contribution < 1.29 is 9.52 Å². The van der Waals surface area contributed by atoms with Gasteiger partial charge in [0, 0.05) is 29.2 Å². The molecule has 0 amide bonds. The van der Waals surface area contributed by atoms with Crippen LogP contribution in [-0.4, -0.2) is 11.3 Å². The lowest BCUT2D eigenvalue weighted by Gasteiger charge is -2.17. The number of allylic oxidation sites excluding steroid dienone is 6. The molecular formula is C20H24N2O2. The number of nitrogen functional groups attached to an aromatic ring is 1. The highest BCUT2D eigenvalue weighted by molar-refractivity contribution is 5.84. The molecule has 3 atom stereocenters. The Morgan fingerprint density at radius 1 is 1.12 bits per heavy atom. The molecular weight excluding hydrogens is 300 g/mol. The smallest absolute Gasteiger partial charge is 0.154 e. The van der Waals surface area contributed by atoms with Crippen molar-refractivity contribution in [2.24, 2.45) is 5.92 Å². The van der Waals surface area contributed by atoms with Gasteiger partial charge in [0.15, 0.2) is 5.76 Å². The van der Waals surface area contributed by atoms with Gasteiger partial charge in [-0.1, -0.05) is 38.2 Å². The van der Waals surface area contributed by atoms with Gasteiger partial charge in [0.1, 0.15) is 12.0 Å². The molecule has 0 bridgehead atoms. The van der Waals surface area contributed by atoms with Crippen LogP contribution in [0.4, 0.5) is 5.69 Å². The first kappa shape index (κ1) is 15.3. The lowest BCUT2D eigenvalue weighted by Crippen LogP contribution is -2.23. The van der Waals surface area contributed by atoms with Crippen LogP contribution < -0.4 is 11.1 Å². The maximum absolute atomic E-state index is 9.69. The van der Waals surface area contributed by atoms with E-state index in [0.717, 1.165) is 40.5 Å². The minimum Gasteiger partial charge on any atom is -0.454 e. The van der Waals surface area contributed by atoms with Gasteiger partial charge in [0.25, 0.3) is 0 Å². The monoisotopic (exact) mass is 324 g/mol. The van der Waals surface area contributed by atoms with E-state index in [1.165, 1.54) is 11.1 Å².